The Bertz CT molecular complexity index is 626. The summed E-state index contributed by atoms with van der Waals surface area (Å²) in [6.45, 7) is -0.118. The molecule has 0 saturated carbocycles. The molecule has 0 aromatic heterocycles. The van der Waals surface area contributed by atoms with Crippen LogP contribution in [0.5, 0.6) is 0 Å². The van der Waals surface area contributed by atoms with E-state index in [4.69, 9.17) is 23.7 Å². The zero-order chi connectivity index (χ0) is 24.6. The lowest BCUT2D eigenvalue weighted by Gasteiger charge is -2.48. The van der Waals surface area contributed by atoms with Crippen molar-refractivity contribution in [1.82, 2.24) is 0 Å². The Morgan fingerprint density at radius 3 is 1.73 bits per heavy atom. The van der Waals surface area contributed by atoms with Crippen LogP contribution in [0.1, 0.15) is 6.92 Å². The quantitative estimate of drug-likeness (QED) is 0.167. The van der Waals surface area contributed by atoms with Gasteiger partial charge in [-0.3, -0.25) is 0 Å². The first-order valence-corrected chi connectivity index (χ1v) is 10.4. The molecule has 0 radical (unpaired) electrons. The zero-order valence-electron chi connectivity index (χ0n) is 17.6. The molecule has 0 spiro atoms. The number of hydrogen-bond acceptors (Lipinski definition) is 15. The van der Waals surface area contributed by atoms with Crippen LogP contribution in [0.2, 0.25) is 0 Å². The highest BCUT2D eigenvalue weighted by atomic mass is 16.8. The lowest BCUT2D eigenvalue weighted by atomic mass is 9.96. The normalized spacial score (nSPS) is 53.7. The third-order valence-electron chi connectivity index (χ3n) is 6.06. The van der Waals surface area contributed by atoms with Gasteiger partial charge < -0.3 is 74.7 Å². The SMILES string of the molecule is C[C@@H]1O[C@@H](O[C@H]2[C@H](O[C@@H]3[C@@H](O)[C@H](O)O[C@H](CO)[C@H]3O)O[C@H](CO)[C@@H](O)[C@@H]2O)[C@H](O)[C@H](O)[C@H]1O. The molecule has 3 aliphatic rings. The molecule has 3 rings (SSSR count). The van der Waals surface area contributed by atoms with Crippen LogP contribution in [0.25, 0.3) is 0 Å². The van der Waals surface area contributed by atoms with Crippen molar-refractivity contribution < 1.29 is 74.7 Å². The summed E-state index contributed by atoms with van der Waals surface area (Å²) in [6, 6.07) is 0. The average molecular weight is 488 g/mol. The van der Waals surface area contributed by atoms with Gasteiger partial charge >= 0.3 is 0 Å². The topological polar surface area (TPSA) is 248 Å². The first-order valence-electron chi connectivity index (χ1n) is 10.4. The summed E-state index contributed by atoms with van der Waals surface area (Å²) >= 11 is 0. The maximum atomic E-state index is 10.6. The fourth-order valence-electron chi connectivity index (χ4n) is 3.97. The molecule has 15 nitrogen and oxygen atoms in total. The second-order valence-electron chi connectivity index (χ2n) is 8.32. The molecule has 15 atom stereocenters. The first kappa shape index (κ1) is 27.0. The Balaban J connectivity index is 1.83. The molecular formula is C18H32O15. The van der Waals surface area contributed by atoms with Crippen molar-refractivity contribution in [3.63, 3.8) is 0 Å². The smallest absolute Gasteiger partial charge is 0.187 e. The maximum absolute atomic E-state index is 10.6. The number of ether oxygens (including phenoxy) is 5. The van der Waals surface area contributed by atoms with E-state index in [9.17, 15) is 51.1 Å². The van der Waals surface area contributed by atoms with Gasteiger partial charge in [0.25, 0.3) is 0 Å². The van der Waals surface area contributed by atoms with Crippen molar-refractivity contribution in [1.29, 1.82) is 0 Å². The van der Waals surface area contributed by atoms with E-state index in [1.165, 1.54) is 6.92 Å². The fourth-order valence-corrected chi connectivity index (χ4v) is 3.97. The van der Waals surface area contributed by atoms with Gasteiger partial charge in [0.05, 0.1) is 19.3 Å². The minimum absolute atomic E-state index is 0.739. The van der Waals surface area contributed by atoms with Crippen LogP contribution in [0.3, 0.4) is 0 Å². The molecule has 0 aromatic rings. The molecule has 194 valence electrons. The van der Waals surface area contributed by atoms with Crippen LogP contribution in [0.15, 0.2) is 0 Å². The lowest BCUT2D eigenvalue weighted by molar-refractivity contribution is -0.386. The van der Waals surface area contributed by atoms with Crippen LogP contribution in [-0.2, 0) is 23.7 Å². The molecule has 10 N–H and O–H groups in total. The summed E-state index contributed by atoms with van der Waals surface area (Å²) in [4.78, 5) is 0. The molecule has 0 bridgehead atoms. The molecular weight excluding hydrogens is 456 g/mol. The highest BCUT2D eigenvalue weighted by molar-refractivity contribution is 4.95. The molecule has 3 fully saturated rings. The second kappa shape index (κ2) is 11.0. The first-order chi connectivity index (χ1) is 15.5. The summed E-state index contributed by atoms with van der Waals surface area (Å²) in [5.41, 5.74) is 0. The largest absolute Gasteiger partial charge is 0.394 e. The minimum Gasteiger partial charge on any atom is -0.394 e. The number of hydrogen-bond donors (Lipinski definition) is 10. The predicted molar refractivity (Wildman–Crippen MR) is 99.8 cm³/mol. The highest BCUT2D eigenvalue weighted by Crippen LogP contribution is 2.32. The monoisotopic (exact) mass is 488 g/mol. The maximum Gasteiger partial charge on any atom is 0.187 e. The van der Waals surface area contributed by atoms with Crippen LogP contribution in [-0.4, -0.2) is 156 Å². The van der Waals surface area contributed by atoms with Crippen molar-refractivity contribution in [2.24, 2.45) is 0 Å². The summed E-state index contributed by atoms with van der Waals surface area (Å²) < 4.78 is 26.7. The Hall–Kier alpha value is -0.600. The van der Waals surface area contributed by atoms with Crippen molar-refractivity contribution >= 4 is 0 Å². The van der Waals surface area contributed by atoms with E-state index in [0.29, 0.717) is 0 Å². The van der Waals surface area contributed by atoms with Gasteiger partial charge in [-0.05, 0) is 6.92 Å². The Morgan fingerprint density at radius 2 is 1.12 bits per heavy atom. The molecule has 15 heteroatoms. The highest BCUT2D eigenvalue weighted by Gasteiger charge is 2.53. The molecule has 3 saturated heterocycles. The Kier molecular flexibility index (Phi) is 8.99. The van der Waals surface area contributed by atoms with Crippen LogP contribution >= 0.6 is 0 Å². The summed E-state index contributed by atoms with van der Waals surface area (Å²) in [5, 5.41) is 100. The molecule has 0 amide bonds. The van der Waals surface area contributed by atoms with Gasteiger partial charge in [-0.1, -0.05) is 0 Å². The molecule has 0 aromatic carbocycles. The Labute approximate surface area is 187 Å². The van der Waals surface area contributed by atoms with E-state index in [0.717, 1.165) is 0 Å². The number of aliphatic hydroxyl groups excluding tert-OH is 10. The molecule has 33 heavy (non-hydrogen) atoms. The summed E-state index contributed by atoms with van der Waals surface area (Å²) in [5.74, 6) is 0. The van der Waals surface area contributed by atoms with Gasteiger partial charge in [0.15, 0.2) is 18.9 Å². The van der Waals surface area contributed by atoms with Gasteiger partial charge in [0.2, 0.25) is 0 Å². The van der Waals surface area contributed by atoms with Gasteiger partial charge in [-0.2, -0.15) is 0 Å². The van der Waals surface area contributed by atoms with Crippen molar-refractivity contribution in [2.45, 2.75) is 99.0 Å². The predicted octanol–water partition coefficient (Wildman–Crippen LogP) is -6.55. The third kappa shape index (κ3) is 5.32. The van der Waals surface area contributed by atoms with E-state index in [1.807, 2.05) is 0 Å². The fraction of sp³-hybridized carbons (Fsp3) is 1.00. The minimum atomic E-state index is -1.86. The molecule has 3 heterocycles. The van der Waals surface area contributed by atoms with Crippen LogP contribution in [0.4, 0.5) is 0 Å². The molecule has 0 aliphatic carbocycles. The standard InChI is InChI=1S/C18H32O15/c1-4-7(21)10(24)12(26)17(29-4)33-15-11(25)8(22)5(2-19)31-18(15)32-14-9(23)6(3-20)30-16(28)13(14)27/h4-28H,2-3H2,1H3/t4-,5+,6+,7-,8+,9+,10+,11-,12+,13+,14-,15+,16+,17-,18-/m0/s1. The second-order valence-corrected chi connectivity index (χ2v) is 8.32. The van der Waals surface area contributed by atoms with Crippen LogP contribution in [0, 0.1) is 0 Å². The van der Waals surface area contributed by atoms with Crippen molar-refractivity contribution in [3.8, 4) is 0 Å². The van der Waals surface area contributed by atoms with Crippen molar-refractivity contribution in [3.05, 3.63) is 0 Å². The summed E-state index contributed by atoms with van der Waals surface area (Å²) in [6.07, 6.45) is -24.2. The van der Waals surface area contributed by atoms with Gasteiger partial charge in [-0.15, -0.1) is 0 Å². The van der Waals surface area contributed by atoms with E-state index in [1.54, 1.807) is 0 Å². The Morgan fingerprint density at radius 1 is 0.545 bits per heavy atom. The van der Waals surface area contributed by atoms with Crippen molar-refractivity contribution in [2.75, 3.05) is 13.2 Å². The zero-order valence-corrected chi connectivity index (χ0v) is 17.6. The average Bonchev–Trinajstić information content (AvgIpc) is 2.79. The lowest BCUT2D eigenvalue weighted by Crippen LogP contribution is -2.66. The van der Waals surface area contributed by atoms with Crippen LogP contribution < -0.4 is 0 Å². The van der Waals surface area contributed by atoms with Gasteiger partial charge in [0, 0.05) is 0 Å². The van der Waals surface area contributed by atoms with E-state index < -0.39 is 105 Å². The number of aliphatic hydroxyl groups is 10. The van der Waals surface area contributed by atoms with E-state index in [-0.39, 0.29) is 0 Å². The molecule has 3 aliphatic heterocycles. The summed E-state index contributed by atoms with van der Waals surface area (Å²) in [7, 11) is 0. The van der Waals surface area contributed by atoms with Gasteiger partial charge in [0.1, 0.15) is 67.1 Å². The number of rotatable bonds is 6. The van der Waals surface area contributed by atoms with E-state index in [2.05, 4.69) is 0 Å². The van der Waals surface area contributed by atoms with E-state index >= 15 is 0 Å². The third-order valence-corrected chi connectivity index (χ3v) is 6.06. The van der Waals surface area contributed by atoms with Gasteiger partial charge in [-0.25, -0.2) is 0 Å². The molecule has 0 unspecified atom stereocenters.